The summed E-state index contributed by atoms with van der Waals surface area (Å²) >= 11 is 0. The minimum absolute atomic E-state index is 0.0130. The van der Waals surface area contributed by atoms with Gasteiger partial charge in [0.25, 0.3) is 0 Å². The Morgan fingerprint density at radius 2 is 1.59 bits per heavy atom. The Bertz CT molecular complexity index is 1740. The maximum Gasteiger partial charge on any atom is 0.433 e. The minimum Gasteiger partial charge on any atom is -0.488 e. The fraction of sp³-hybridized carbons (Fsp3) is 0.500. The molecule has 11 nitrogen and oxygen atoms in total. The van der Waals surface area contributed by atoms with E-state index in [1.165, 1.54) is 12.0 Å². The molecule has 0 saturated heterocycles. The average molecular weight is 782 g/mol. The average Bonchev–Trinajstić information content (AvgIpc) is 3.08. The zero-order valence-electron chi connectivity index (χ0n) is 28.9. The van der Waals surface area contributed by atoms with Crippen LogP contribution in [0.2, 0.25) is 0 Å². The molecular formula is C34H36F9N5O6. The van der Waals surface area contributed by atoms with Gasteiger partial charge in [0.2, 0.25) is 5.95 Å². The molecule has 1 aliphatic heterocycles. The molecule has 296 valence electrons. The number of amides is 1. The van der Waals surface area contributed by atoms with E-state index in [0.29, 0.717) is 43.9 Å². The van der Waals surface area contributed by atoms with Gasteiger partial charge in [0.1, 0.15) is 12.3 Å². The van der Waals surface area contributed by atoms with Crippen molar-refractivity contribution in [3.63, 3.8) is 0 Å². The van der Waals surface area contributed by atoms with Gasteiger partial charge in [0.15, 0.2) is 5.75 Å². The van der Waals surface area contributed by atoms with Crippen LogP contribution in [-0.2, 0) is 39.2 Å². The summed E-state index contributed by atoms with van der Waals surface area (Å²) in [5.41, 5.74) is -5.17. The van der Waals surface area contributed by atoms with E-state index in [0.717, 1.165) is 12.3 Å². The second-order valence-electron chi connectivity index (χ2n) is 12.2. The summed E-state index contributed by atoms with van der Waals surface area (Å²) in [5, 5.41) is 11.7. The number of aliphatic carboxylic acids is 1. The zero-order valence-corrected chi connectivity index (χ0v) is 28.9. The molecular weight excluding hydrogens is 745 g/mol. The molecule has 0 saturated carbocycles. The molecule has 1 aliphatic rings. The van der Waals surface area contributed by atoms with E-state index >= 15 is 0 Å². The van der Waals surface area contributed by atoms with Crippen LogP contribution < -0.4 is 15.0 Å². The van der Waals surface area contributed by atoms with E-state index in [9.17, 15) is 49.1 Å². The third kappa shape index (κ3) is 11.1. The molecule has 1 aromatic carbocycles. The quantitative estimate of drug-likeness (QED) is 0.114. The second kappa shape index (κ2) is 17.5. The first kappa shape index (κ1) is 41.9. The summed E-state index contributed by atoms with van der Waals surface area (Å²) in [6.07, 6.45) is -14.1. The molecule has 2 aromatic heterocycles. The first-order valence-electron chi connectivity index (χ1n) is 16.6. The number of hydrogen-bond donors (Lipinski definition) is 2. The molecule has 0 radical (unpaired) electrons. The third-order valence-corrected chi connectivity index (χ3v) is 8.28. The van der Waals surface area contributed by atoms with Crippen molar-refractivity contribution in [2.24, 2.45) is 0 Å². The van der Waals surface area contributed by atoms with Gasteiger partial charge in [-0.05, 0) is 68.0 Å². The molecule has 0 spiro atoms. The molecule has 0 aliphatic carbocycles. The number of ether oxygens (including phenoxy) is 3. The number of benzene rings is 1. The van der Waals surface area contributed by atoms with E-state index in [2.05, 4.69) is 20.3 Å². The number of unbranched alkanes of at least 4 members (excludes halogenated alkanes) is 2. The topological polar surface area (TPSA) is 136 Å². The number of alkyl halides is 9. The largest absolute Gasteiger partial charge is 0.488 e. The number of halogens is 9. The van der Waals surface area contributed by atoms with Gasteiger partial charge in [0, 0.05) is 26.0 Å². The highest BCUT2D eigenvalue weighted by Gasteiger charge is 2.41. The highest BCUT2D eigenvalue weighted by atomic mass is 19.4. The lowest BCUT2D eigenvalue weighted by molar-refractivity contribution is -0.143. The number of carboxylic acids is 1. The SMILES string of the molecule is CC[C@@H]1C[C@H](Nc2ncc(OCCOC)c(Cc3cc(C(F)(F)F)cc(C(F)(F)F)c3)n2)c2nc(C(F)(F)F)ccc2N1C(=O)OCCCCCC(=O)O. The predicted molar refractivity (Wildman–Crippen MR) is 173 cm³/mol. The van der Waals surface area contributed by atoms with Crippen molar-refractivity contribution in [2.75, 3.05) is 37.1 Å². The summed E-state index contributed by atoms with van der Waals surface area (Å²) in [4.78, 5) is 37.5. The lowest BCUT2D eigenvalue weighted by Crippen LogP contribution is -2.46. The van der Waals surface area contributed by atoms with Gasteiger partial charge in [-0.3, -0.25) is 9.69 Å². The molecule has 2 atom stereocenters. The number of nitrogens with one attached hydrogen (secondary N) is 1. The van der Waals surface area contributed by atoms with Gasteiger partial charge in [0.05, 0.1) is 53.7 Å². The number of carbonyl (C=O) groups excluding carboxylic acids is 1. The van der Waals surface area contributed by atoms with Gasteiger partial charge in [-0.25, -0.2) is 19.7 Å². The fourth-order valence-electron chi connectivity index (χ4n) is 5.71. The minimum atomic E-state index is -5.11. The molecule has 20 heteroatoms. The van der Waals surface area contributed by atoms with Crippen LogP contribution in [0.4, 0.5) is 55.9 Å². The molecule has 0 unspecified atom stereocenters. The Hall–Kier alpha value is -4.88. The highest BCUT2D eigenvalue weighted by Crippen LogP contribution is 2.42. The third-order valence-electron chi connectivity index (χ3n) is 8.28. The van der Waals surface area contributed by atoms with Crippen molar-refractivity contribution >= 4 is 23.7 Å². The molecule has 4 rings (SSSR count). The van der Waals surface area contributed by atoms with Crippen LogP contribution in [0.5, 0.6) is 5.75 Å². The van der Waals surface area contributed by atoms with Crippen molar-refractivity contribution in [3.8, 4) is 5.75 Å². The Morgan fingerprint density at radius 3 is 2.19 bits per heavy atom. The number of rotatable bonds is 15. The van der Waals surface area contributed by atoms with Gasteiger partial charge >= 0.3 is 30.6 Å². The first-order chi connectivity index (χ1) is 25.3. The summed E-state index contributed by atoms with van der Waals surface area (Å²) < 4.78 is 139. The first-order valence-corrected chi connectivity index (χ1v) is 16.6. The van der Waals surface area contributed by atoms with Crippen LogP contribution in [0, 0.1) is 0 Å². The Kier molecular flexibility index (Phi) is 13.6. The summed E-state index contributed by atoms with van der Waals surface area (Å²) in [5.74, 6) is -1.34. The summed E-state index contributed by atoms with van der Waals surface area (Å²) in [6.45, 7) is 1.60. The van der Waals surface area contributed by atoms with Crippen LogP contribution in [0.15, 0.2) is 36.5 Å². The number of carbonyl (C=O) groups is 2. The standard InChI is InChI=1S/C34H36F9N5O6/c1-3-22-17-24(29-25(8-9-27(47-29)34(41,42)43)48(22)31(51)54-10-6-4-5-7-28(49)50)46-30-44-18-26(53-12-11-52-2)23(45-30)15-19-13-20(32(35,36)37)16-21(14-19)33(38,39)40/h8-9,13-14,16,18,22,24H,3-7,10-12,15,17H2,1-2H3,(H,49,50)(H,44,45,46)/t22-,24+/m1/s1. The number of anilines is 2. The Balaban J connectivity index is 1.70. The maximum absolute atomic E-state index is 13.9. The number of hydrogen-bond acceptors (Lipinski definition) is 9. The number of fused-ring (bicyclic) bond motifs is 1. The molecule has 2 N–H and O–H groups in total. The van der Waals surface area contributed by atoms with Crippen molar-refractivity contribution < 1.29 is 68.4 Å². The van der Waals surface area contributed by atoms with Crippen LogP contribution in [0.1, 0.15) is 85.3 Å². The monoisotopic (exact) mass is 781 g/mol. The molecule has 0 bridgehead atoms. The molecule has 54 heavy (non-hydrogen) atoms. The molecule has 1 amide bonds. The zero-order chi connectivity index (χ0) is 39.8. The highest BCUT2D eigenvalue weighted by molar-refractivity contribution is 5.90. The lowest BCUT2D eigenvalue weighted by atomic mass is 9.93. The summed E-state index contributed by atoms with van der Waals surface area (Å²) in [7, 11) is 1.37. The van der Waals surface area contributed by atoms with E-state index in [-0.39, 0.29) is 67.5 Å². The number of carboxylic acid groups (broad SMARTS) is 1. The van der Waals surface area contributed by atoms with Crippen LogP contribution >= 0.6 is 0 Å². The Labute approximate surface area is 302 Å². The van der Waals surface area contributed by atoms with Crippen molar-refractivity contribution in [2.45, 2.75) is 82.5 Å². The van der Waals surface area contributed by atoms with Gasteiger partial charge in [-0.2, -0.15) is 39.5 Å². The molecule has 0 fully saturated rings. The van der Waals surface area contributed by atoms with E-state index in [1.54, 1.807) is 6.92 Å². The Morgan fingerprint density at radius 1 is 0.907 bits per heavy atom. The van der Waals surface area contributed by atoms with Gasteiger partial charge in [-0.1, -0.05) is 6.92 Å². The number of pyridine rings is 1. The van der Waals surface area contributed by atoms with E-state index < -0.39 is 71.5 Å². The second-order valence-corrected chi connectivity index (χ2v) is 12.2. The number of methoxy groups -OCH3 is 1. The van der Waals surface area contributed by atoms with Gasteiger partial charge < -0.3 is 24.6 Å². The van der Waals surface area contributed by atoms with Crippen molar-refractivity contribution in [1.29, 1.82) is 0 Å². The fourth-order valence-corrected chi connectivity index (χ4v) is 5.71. The number of aromatic nitrogens is 3. The van der Waals surface area contributed by atoms with Crippen LogP contribution in [0.25, 0.3) is 0 Å². The van der Waals surface area contributed by atoms with E-state index in [1.807, 2.05) is 0 Å². The lowest BCUT2D eigenvalue weighted by Gasteiger charge is -2.39. The molecule has 3 aromatic rings. The molecule has 3 heterocycles. The maximum atomic E-state index is 13.9. The van der Waals surface area contributed by atoms with Crippen molar-refractivity contribution in [3.05, 3.63) is 70.3 Å². The van der Waals surface area contributed by atoms with Crippen molar-refractivity contribution in [1.82, 2.24) is 15.0 Å². The predicted octanol–water partition coefficient (Wildman–Crippen LogP) is 8.47. The van der Waals surface area contributed by atoms with Crippen LogP contribution in [0.3, 0.4) is 0 Å². The normalized spacial score (nSPS) is 16.2. The smallest absolute Gasteiger partial charge is 0.433 e. The van der Waals surface area contributed by atoms with E-state index in [4.69, 9.17) is 19.3 Å². The number of nitrogens with zero attached hydrogens (tertiary/aromatic N) is 4. The van der Waals surface area contributed by atoms with Crippen LogP contribution in [-0.4, -0.2) is 65.1 Å². The van der Waals surface area contributed by atoms with Gasteiger partial charge in [-0.15, -0.1) is 0 Å². The summed E-state index contributed by atoms with van der Waals surface area (Å²) in [6, 6.07) is 1.10.